The number of esters is 1. The standard InChI is InChI=1S/C27H55O7P/c1-2-3-4-5-6-7-8-9-10-11-12-13-14-15-16-17-18-19-20-21-22-23-27(29)33-24-26(28)25-34-35(30,31)32/h26,28H,2-25H2,1H3,(H2,30,31,32). The van der Waals surface area contributed by atoms with E-state index in [-0.39, 0.29) is 6.61 Å². The Balaban J connectivity index is 3.23. The van der Waals surface area contributed by atoms with Gasteiger partial charge in [-0.05, 0) is 6.42 Å². The summed E-state index contributed by atoms with van der Waals surface area (Å²) in [5.41, 5.74) is 0. The molecule has 0 amide bonds. The average Bonchev–Trinajstić information content (AvgIpc) is 2.82. The lowest BCUT2D eigenvalue weighted by molar-refractivity contribution is -0.147. The van der Waals surface area contributed by atoms with Crippen LogP contribution in [0.4, 0.5) is 0 Å². The van der Waals surface area contributed by atoms with Crippen LogP contribution in [-0.4, -0.2) is 40.2 Å². The van der Waals surface area contributed by atoms with Crippen LogP contribution >= 0.6 is 7.82 Å². The van der Waals surface area contributed by atoms with E-state index in [1.54, 1.807) is 0 Å². The molecule has 0 aromatic carbocycles. The molecule has 0 radical (unpaired) electrons. The van der Waals surface area contributed by atoms with Crippen LogP contribution in [0.25, 0.3) is 0 Å². The second-order valence-electron chi connectivity index (χ2n) is 9.94. The van der Waals surface area contributed by atoms with E-state index in [9.17, 15) is 14.5 Å². The Morgan fingerprint density at radius 2 is 0.971 bits per heavy atom. The van der Waals surface area contributed by atoms with Crippen LogP contribution in [0, 0.1) is 0 Å². The largest absolute Gasteiger partial charge is 0.469 e. The summed E-state index contributed by atoms with van der Waals surface area (Å²) in [6, 6.07) is 0. The minimum atomic E-state index is -4.62. The van der Waals surface area contributed by atoms with Crippen molar-refractivity contribution < 1.29 is 33.5 Å². The predicted octanol–water partition coefficient (Wildman–Crippen LogP) is 7.60. The number of phosphoric acid groups is 1. The van der Waals surface area contributed by atoms with Crippen LogP contribution in [0.3, 0.4) is 0 Å². The third-order valence-electron chi connectivity index (χ3n) is 6.36. The lowest BCUT2D eigenvalue weighted by atomic mass is 10.0. The zero-order valence-electron chi connectivity index (χ0n) is 22.5. The van der Waals surface area contributed by atoms with Gasteiger partial charge >= 0.3 is 13.8 Å². The highest BCUT2D eigenvalue weighted by atomic mass is 31.2. The molecule has 0 fully saturated rings. The molecule has 1 atom stereocenters. The third kappa shape index (κ3) is 29.7. The van der Waals surface area contributed by atoms with Crippen LogP contribution < -0.4 is 0 Å². The molecular weight excluding hydrogens is 467 g/mol. The van der Waals surface area contributed by atoms with E-state index in [4.69, 9.17) is 14.5 Å². The van der Waals surface area contributed by atoms with Gasteiger partial charge in [-0.15, -0.1) is 0 Å². The Kier molecular flexibility index (Phi) is 24.9. The normalized spacial score (nSPS) is 12.7. The van der Waals surface area contributed by atoms with E-state index in [0.717, 1.165) is 19.3 Å². The topological polar surface area (TPSA) is 113 Å². The number of aliphatic hydroxyl groups excluding tert-OH is 1. The average molecular weight is 523 g/mol. The second-order valence-corrected chi connectivity index (χ2v) is 11.2. The molecule has 7 nitrogen and oxygen atoms in total. The number of aliphatic hydroxyl groups is 1. The summed E-state index contributed by atoms with van der Waals surface area (Å²) in [6.07, 6.45) is 26.7. The first kappa shape index (κ1) is 34.5. The van der Waals surface area contributed by atoms with Gasteiger partial charge in [0.15, 0.2) is 0 Å². The summed E-state index contributed by atoms with van der Waals surface area (Å²) in [6.45, 7) is 1.38. The van der Waals surface area contributed by atoms with E-state index in [0.29, 0.717) is 6.42 Å². The maximum absolute atomic E-state index is 11.6. The number of hydrogen-bond acceptors (Lipinski definition) is 5. The zero-order valence-corrected chi connectivity index (χ0v) is 23.4. The number of carbonyl (C=O) groups is 1. The van der Waals surface area contributed by atoms with Gasteiger partial charge in [0.25, 0.3) is 0 Å². The van der Waals surface area contributed by atoms with Gasteiger partial charge in [0.1, 0.15) is 12.7 Å². The van der Waals surface area contributed by atoms with Crippen molar-refractivity contribution >= 4 is 13.8 Å². The maximum atomic E-state index is 11.6. The molecule has 3 N–H and O–H groups in total. The van der Waals surface area contributed by atoms with Crippen molar-refractivity contribution in [2.45, 2.75) is 154 Å². The molecule has 210 valence electrons. The van der Waals surface area contributed by atoms with Gasteiger partial charge in [-0.25, -0.2) is 4.57 Å². The van der Waals surface area contributed by atoms with Crippen molar-refractivity contribution in [1.82, 2.24) is 0 Å². The first-order chi connectivity index (χ1) is 16.8. The van der Waals surface area contributed by atoms with E-state index in [1.807, 2.05) is 0 Å². The molecule has 0 aromatic heterocycles. The Bertz CT molecular complexity index is 510. The van der Waals surface area contributed by atoms with Crippen molar-refractivity contribution in [3.8, 4) is 0 Å². The van der Waals surface area contributed by atoms with Crippen LogP contribution in [0.5, 0.6) is 0 Å². The van der Waals surface area contributed by atoms with Crippen molar-refractivity contribution in [3.63, 3.8) is 0 Å². The first-order valence-electron chi connectivity index (χ1n) is 14.4. The fourth-order valence-electron chi connectivity index (χ4n) is 4.19. The minimum Gasteiger partial charge on any atom is -0.463 e. The highest BCUT2D eigenvalue weighted by Gasteiger charge is 2.17. The molecule has 0 heterocycles. The van der Waals surface area contributed by atoms with Crippen LogP contribution in [0.1, 0.15) is 148 Å². The van der Waals surface area contributed by atoms with Gasteiger partial charge in [-0.3, -0.25) is 9.32 Å². The number of ether oxygens (including phenoxy) is 1. The van der Waals surface area contributed by atoms with Gasteiger partial charge in [0.2, 0.25) is 0 Å². The zero-order chi connectivity index (χ0) is 26.0. The summed E-state index contributed by atoms with van der Waals surface area (Å²) in [5.74, 6) is -0.405. The molecule has 35 heavy (non-hydrogen) atoms. The number of rotatable bonds is 27. The van der Waals surface area contributed by atoms with Crippen LogP contribution in [0.15, 0.2) is 0 Å². The molecule has 0 aromatic rings. The lowest BCUT2D eigenvalue weighted by Crippen LogP contribution is -2.23. The number of carbonyl (C=O) groups excluding carboxylic acids is 1. The van der Waals surface area contributed by atoms with Crippen molar-refractivity contribution in [1.29, 1.82) is 0 Å². The summed E-state index contributed by atoms with van der Waals surface area (Å²) in [4.78, 5) is 28.7. The molecule has 0 aliphatic heterocycles. The molecule has 0 spiro atoms. The quantitative estimate of drug-likeness (QED) is 0.0578. The summed E-state index contributed by atoms with van der Waals surface area (Å²) < 4.78 is 19.6. The van der Waals surface area contributed by atoms with Gasteiger partial charge in [-0.1, -0.05) is 135 Å². The van der Waals surface area contributed by atoms with Crippen molar-refractivity contribution in [2.24, 2.45) is 0 Å². The smallest absolute Gasteiger partial charge is 0.463 e. The third-order valence-corrected chi connectivity index (χ3v) is 6.84. The van der Waals surface area contributed by atoms with Gasteiger partial charge in [0.05, 0.1) is 6.61 Å². The van der Waals surface area contributed by atoms with E-state index >= 15 is 0 Å². The van der Waals surface area contributed by atoms with Crippen LogP contribution in [-0.2, 0) is 18.6 Å². The molecule has 0 bridgehead atoms. The van der Waals surface area contributed by atoms with Crippen LogP contribution in [0.2, 0.25) is 0 Å². The number of hydrogen-bond donors (Lipinski definition) is 3. The summed E-state index contributed by atoms with van der Waals surface area (Å²) in [7, 11) is -4.62. The van der Waals surface area contributed by atoms with Crippen molar-refractivity contribution in [3.05, 3.63) is 0 Å². The molecule has 0 saturated carbocycles. The van der Waals surface area contributed by atoms with E-state index in [1.165, 1.54) is 116 Å². The first-order valence-corrected chi connectivity index (χ1v) is 15.9. The molecule has 0 rings (SSSR count). The highest BCUT2D eigenvalue weighted by Crippen LogP contribution is 2.35. The maximum Gasteiger partial charge on any atom is 0.469 e. The molecule has 0 aliphatic carbocycles. The van der Waals surface area contributed by atoms with E-state index < -0.39 is 26.5 Å². The Morgan fingerprint density at radius 3 is 1.31 bits per heavy atom. The monoisotopic (exact) mass is 522 g/mol. The summed E-state index contributed by atoms with van der Waals surface area (Å²) >= 11 is 0. The second kappa shape index (κ2) is 25.2. The minimum absolute atomic E-state index is 0.297. The van der Waals surface area contributed by atoms with Gasteiger partial charge < -0.3 is 19.6 Å². The molecule has 1 unspecified atom stereocenters. The molecule has 0 aliphatic rings. The lowest BCUT2D eigenvalue weighted by Gasteiger charge is -2.12. The Labute approximate surface area is 215 Å². The van der Waals surface area contributed by atoms with Gasteiger partial charge in [-0.2, -0.15) is 0 Å². The predicted molar refractivity (Wildman–Crippen MR) is 142 cm³/mol. The Hall–Kier alpha value is -0.460. The van der Waals surface area contributed by atoms with Gasteiger partial charge in [0, 0.05) is 6.42 Å². The number of unbranched alkanes of at least 4 members (excludes halogenated alkanes) is 20. The summed E-state index contributed by atoms with van der Waals surface area (Å²) in [5, 5.41) is 9.46. The SMILES string of the molecule is CCCCCCCCCCCCCCCCCCCCCCCC(=O)OCC(O)COP(=O)(O)O. The Morgan fingerprint density at radius 1 is 0.629 bits per heavy atom. The number of phosphoric ester groups is 1. The fraction of sp³-hybridized carbons (Fsp3) is 0.963. The molecule has 0 saturated heterocycles. The highest BCUT2D eigenvalue weighted by molar-refractivity contribution is 7.46. The van der Waals surface area contributed by atoms with Crippen molar-refractivity contribution in [2.75, 3.05) is 13.2 Å². The van der Waals surface area contributed by atoms with E-state index in [2.05, 4.69) is 11.4 Å². The molecule has 8 heteroatoms. The molecular formula is C27H55O7P. The fourth-order valence-corrected chi connectivity index (χ4v) is 4.56.